The van der Waals surface area contributed by atoms with Crippen LogP contribution in [-0.4, -0.2) is 32.2 Å². The third kappa shape index (κ3) is 4.12. The Labute approximate surface area is 160 Å². The van der Waals surface area contributed by atoms with Crippen molar-refractivity contribution in [1.29, 1.82) is 0 Å². The molecule has 1 atom stereocenters. The number of rotatable bonds is 6. The summed E-state index contributed by atoms with van der Waals surface area (Å²) in [4.78, 5) is 26.0. The summed E-state index contributed by atoms with van der Waals surface area (Å²) in [6.45, 7) is 0. The standard InChI is InChI=1S/C19H15NO4S2/c21-17-16(10-4-8-14-9-5-11-24-14)26-19(25)20(17)15(18(22)23)12-13-6-2-1-3-7-13/h1-11,15H,12H2,(H,22,23)/b8-4+,16-10+. The van der Waals surface area contributed by atoms with Gasteiger partial charge in [0.05, 0.1) is 11.2 Å². The van der Waals surface area contributed by atoms with Gasteiger partial charge in [0.15, 0.2) is 0 Å². The minimum atomic E-state index is -1.09. The third-order valence-electron chi connectivity index (χ3n) is 3.74. The lowest BCUT2D eigenvalue weighted by atomic mass is 10.0. The number of furan rings is 1. The molecular weight excluding hydrogens is 370 g/mol. The van der Waals surface area contributed by atoms with E-state index >= 15 is 0 Å². The van der Waals surface area contributed by atoms with Crippen molar-refractivity contribution in [3.05, 3.63) is 77.1 Å². The van der Waals surface area contributed by atoms with E-state index in [-0.39, 0.29) is 10.7 Å². The van der Waals surface area contributed by atoms with Gasteiger partial charge in [-0.05, 0) is 29.8 Å². The van der Waals surface area contributed by atoms with E-state index in [1.165, 1.54) is 4.90 Å². The second-order valence-electron chi connectivity index (χ2n) is 5.49. The molecule has 0 saturated carbocycles. The minimum Gasteiger partial charge on any atom is -0.480 e. The number of hydrogen-bond acceptors (Lipinski definition) is 5. The lowest BCUT2D eigenvalue weighted by Crippen LogP contribution is -2.45. The highest BCUT2D eigenvalue weighted by Gasteiger charge is 2.40. The van der Waals surface area contributed by atoms with E-state index in [9.17, 15) is 14.7 Å². The highest BCUT2D eigenvalue weighted by atomic mass is 32.2. The minimum absolute atomic E-state index is 0.193. The van der Waals surface area contributed by atoms with Gasteiger partial charge < -0.3 is 9.52 Å². The van der Waals surface area contributed by atoms with Gasteiger partial charge in [-0.25, -0.2) is 4.79 Å². The number of amides is 1. The molecule has 1 aliphatic rings. The summed E-state index contributed by atoms with van der Waals surface area (Å²) < 4.78 is 5.43. The van der Waals surface area contributed by atoms with Gasteiger partial charge in [0, 0.05) is 6.42 Å². The normalized spacial score (nSPS) is 17.4. The number of carboxylic acids is 1. The smallest absolute Gasteiger partial charge is 0.327 e. The van der Waals surface area contributed by atoms with E-state index in [2.05, 4.69) is 0 Å². The number of nitrogens with zero attached hydrogens (tertiary/aromatic N) is 1. The summed E-state index contributed by atoms with van der Waals surface area (Å²) in [6.07, 6.45) is 6.75. The monoisotopic (exact) mass is 385 g/mol. The number of benzene rings is 1. The summed E-state index contributed by atoms with van der Waals surface area (Å²) in [6, 6.07) is 11.7. The Morgan fingerprint density at radius 3 is 2.69 bits per heavy atom. The quantitative estimate of drug-likeness (QED) is 0.603. The van der Waals surface area contributed by atoms with Crippen LogP contribution in [0.4, 0.5) is 0 Å². The van der Waals surface area contributed by atoms with Gasteiger partial charge in [0.2, 0.25) is 0 Å². The highest BCUT2D eigenvalue weighted by molar-refractivity contribution is 8.26. The van der Waals surface area contributed by atoms with Gasteiger partial charge in [-0.15, -0.1) is 0 Å². The predicted molar refractivity (Wildman–Crippen MR) is 104 cm³/mol. The molecular formula is C19H15NO4S2. The number of thioether (sulfide) groups is 1. The zero-order valence-electron chi connectivity index (χ0n) is 13.6. The topological polar surface area (TPSA) is 70.8 Å². The van der Waals surface area contributed by atoms with Crippen LogP contribution >= 0.6 is 24.0 Å². The van der Waals surface area contributed by atoms with Crippen molar-refractivity contribution in [2.75, 3.05) is 0 Å². The van der Waals surface area contributed by atoms with Crippen LogP contribution in [0, 0.1) is 0 Å². The molecule has 0 radical (unpaired) electrons. The number of carboxylic acid groups (broad SMARTS) is 1. The van der Waals surface area contributed by atoms with Crippen LogP contribution in [-0.2, 0) is 16.0 Å². The van der Waals surface area contributed by atoms with Crippen LogP contribution in [0.25, 0.3) is 6.08 Å². The molecule has 2 heterocycles. The largest absolute Gasteiger partial charge is 0.480 e. The Kier molecular flexibility index (Phi) is 5.70. The van der Waals surface area contributed by atoms with Gasteiger partial charge >= 0.3 is 5.97 Å². The molecule has 0 aliphatic carbocycles. The molecule has 0 spiro atoms. The van der Waals surface area contributed by atoms with Gasteiger partial charge in [0.25, 0.3) is 5.91 Å². The molecule has 1 N–H and O–H groups in total. The molecule has 1 amide bonds. The van der Waals surface area contributed by atoms with Crippen molar-refractivity contribution in [3.8, 4) is 0 Å². The Hall–Kier alpha value is -2.64. The molecule has 2 aromatic rings. The fourth-order valence-corrected chi connectivity index (χ4v) is 3.81. The molecule has 1 unspecified atom stereocenters. The Bertz CT molecular complexity index is 872. The molecule has 1 aromatic heterocycles. The number of hydrogen-bond donors (Lipinski definition) is 1. The summed E-state index contributed by atoms with van der Waals surface area (Å²) >= 11 is 6.36. The molecule has 1 fully saturated rings. The van der Waals surface area contributed by atoms with Crippen LogP contribution in [0.2, 0.25) is 0 Å². The van der Waals surface area contributed by atoms with Gasteiger partial charge in [-0.2, -0.15) is 0 Å². The molecule has 0 bridgehead atoms. The molecule has 5 nitrogen and oxygen atoms in total. The first-order valence-corrected chi connectivity index (χ1v) is 9.02. The number of allylic oxidation sites excluding steroid dienone is 2. The number of carbonyl (C=O) groups excluding carboxylic acids is 1. The van der Waals surface area contributed by atoms with Gasteiger partial charge in [-0.3, -0.25) is 9.69 Å². The van der Waals surface area contributed by atoms with Crippen molar-refractivity contribution >= 4 is 46.3 Å². The van der Waals surface area contributed by atoms with Crippen molar-refractivity contribution in [3.63, 3.8) is 0 Å². The fraction of sp³-hybridized carbons (Fsp3) is 0.105. The zero-order valence-corrected chi connectivity index (χ0v) is 15.2. The molecule has 1 aliphatic heterocycles. The first-order chi connectivity index (χ1) is 12.6. The first-order valence-electron chi connectivity index (χ1n) is 7.80. The Morgan fingerprint density at radius 1 is 1.27 bits per heavy atom. The van der Waals surface area contributed by atoms with Gasteiger partial charge in [-0.1, -0.05) is 60.4 Å². The average molecular weight is 385 g/mol. The van der Waals surface area contributed by atoms with Crippen molar-refractivity contribution in [2.24, 2.45) is 0 Å². The maximum Gasteiger partial charge on any atom is 0.327 e. The van der Waals surface area contributed by atoms with Crippen LogP contribution in [0.1, 0.15) is 11.3 Å². The Balaban J connectivity index is 1.79. The maximum atomic E-state index is 12.7. The molecule has 3 rings (SSSR count). The lowest BCUT2D eigenvalue weighted by molar-refractivity contribution is -0.145. The molecule has 1 aromatic carbocycles. The van der Waals surface area contributed by atoms with Crippen molar-refractivity contribution in [1.82, 2.24) is 4.90 Å². The van der Waals surface area contributed by atoms with E-state index in [1.807, 2.05) is 30.3 Å². The number of thiocarbonyl (C=S) groups is 1. The van der Waals surface area contributed by atoms with Gasteiger partial charge in [0.1, 0.15) is 16.1 Å². The van der Waals surface area contributed by atoms with E-state index in [4.69, 9.17) is 16.6 Å². The fourth-order valence-electron chi connectivity index (χ4n) is 2.51. The van der Waals surface area contributed by atoms with E-state index in [1.54, 1.807) is 36.6 Å². The van der Waals surface area contributed by atoms with Crippen molar-refractivity contribution < 1.29 is 19.1 Å². The van der Waals surface area contributed by atoms with E-state index in [0.29, 0.717) is 10.7 Å². The summed E-state index contributed by atoms with van der Waals surface area (Å²) in [5, 5.41) is 9.61. The lowest BCUT2D eigenvalue weighted by Gasteiger charge is -2.23. The van der Waals surface area contributed by atoms with Crippen LogP contribution in [0.15, 0.2) is 70.2 Å². The first kappa shape index (κ1) is 18.2. The molecule has 7 heteroatoms. The second kappa shape index (κ2) is 8.16. The second-order valence-corrected chi connectivity index (χ2v) is 7.17. The molecule has 26 heavy (non-hydrogen) atoms. The zero-order chi connectivity index (χ0) is 18.5. The van der Waals surface area contributed by atoms with Crippen LogP contribution in [0.3, 0.4) is 0 Å². The summed E-state index contributed by atoms with van der Waals surface area (Å²) in [7, 11) is 0. The van der Waals surface area contributed by atoms with E-state index < -0.39 is 17.9 Å². The summed E-state index contributed by atoms with van der Waals surface area (Å²) in [5.74, 6) is -0.825. The van der Waals surface area contributed by atoms with Crippen LogP contribution < -0.4 is 0 Å². The highest BCUT2D eigenvalue weighted by Crippen LogP contribution is 2.33. The Morgan fingerprint density at radius 2 is 2.04 bits per heavy atom. The predicted octanol–water partition coefficient (Wildman–Crippen LogP) is 3.73. The maximum absolute atomic E-state index is 12.7. The molecule has 132 valence electrons. The number of carbonyl (C=O) groups is 2. The number of aliphatic carboxylic acids is 1. The summed E-state index contributed by atoms with van der Waals surface area (Å²) in [5.41, 5.74) is 0.829. The SMILES string of the molecule is O=C(O)C(Cc1ccccc1)N1C(=O)/C(=C\C=C\c2ccco2)SC1=S. The van der Waals surface area contributed by atoms with E-state index in [0.717, 1.165) is 17.3 Å². The van der Waals surface area contributed by atoms with Crippen LogP contribution in [0.5, 0.6) is 0 Å². The molecule has 1 saturated heterocycles. The van der Waals surface area contributed by atoms with Crippen molar-refractivity contribution in [2.45, 2.75) is 12.5 Å². The third-order valence-corrected chi connectivity index (χ3v) is 5.09. The average Bonchev–Trinajstić information content (AvgIpc) is 3.23.